The van der Waals surface area contributed by atoms with Crippen molar-refractivity contribution in [3.05, 3.63) is 24.0 Å². The first-order chi connectivity index (χ1) is 8.96. The maximum atomic E-state index is 11.7. The maximum absolute atomic E-state index is 11.7. The van der Waals surface area contributed by atoms with Crippen LogP contribution >= 0.6 is 0 Å². The van der Waals surface area contributed by atoms with Crippen LogP contribution in [-0.4, -0.2) is 52.0 Å². The van der Waals surface area contributed by atoms with Crippen molar-refractivity contribution >= 4 is 11.8 Å². The minimum atomic E-state index is -0.632. The highest BCUT2D eigenvalue weighted by molar-refractivity contribution is 6.04. The predicted molar refractivity (Wildman–Crippen MR) is 69.6 cm³/mol. The summed E-state index contributed by atoms with van der Waals surface area (Å²) in [6, 6.07) is 3.31. The molecule has 0 spiro atoms. The van der Waals surface area contributed by atoms with E-state index in [1.807, 2.05) is 4.90 Å². The van der Waals surface area contributed by atoms with Gasteiger partial charge >= 0.3 is 0 Å². The fraction of sp³-hybridized carbons (Fsp3) is 0.538. The van der Waals surface area contributed by atoms with E-state index in [1.54, 1.807) is 25.3 Å². The van der Waals surface area contributed by atoms with Crippen LogP contribution in [0.2, 0.25) is 0 Å². The lowest BCUT2D eigenvalue weighted by molar-refractivity contribution is -0.122. The van der Waals surface area contributed by atoms with Crippen LogP contribution < -0.4 is 5.32 Å². The molecule has 1 aliphatic heterocycles. The number of hydrogen-bond donors (Lipinski definition) is 3. The monoisotopic (exact) mass is 265 g/mol. The van der Waals surface area contributed by atoms with Gasteiger partial charge in [-0.15, -0.1) is 0 Å². The largest absolute Gasteiger partial charge is 0.390 e. The molecule has 2 amide bonds. The molecule has 0 aromatic carbocycles. The third-order valence-corrected chi connectivity index (χ3v) is 3.40. The quantitative estimate of drug-likeness (QED) is 0.724. The number of nitrogens with zero attached hydrogens (tertiary/aromatic N) is 1. The van der Waals surface area contributed by atoms with Crippen molar-refractivity contribution in [3.8, 4) is 0 Å². The zero-order valence-corrected chi connectivity index (χ0v) is 11.0. The number of imide groups is 1. The Morgan fingerprint density at radius 3 is 2.74 bits per heavy atom. The fourth-order valence-electron chi connectivity index (χ4n) is 2.10. The Hall–Kier alpha value is -1.66. The van der Waals surface area contributed by atoms with Crippen LogP contribution in [0.1, 0.15) is 30.3 Å². The van der Waals surface area contributed by atoms with Gasteiger partial charge in [-0.05, 0) is 31.9 Å². The van der Waals surface area contributed by atoms with Gasteiger partial charge in [-0.25, -0.2) is 0 Å². The molecule has 6 heteroatoms. The third kappa shape index (κ3) is 3.90. The Morgan fingerprint density at radius 2 is 2.16 bits per heavy atom. The van der Waals surface area contributed by atoms with Crippen molar-refractivity contribution in [1.29, 1.82) is 0 Å². The molecule has 2 heterocycles. The van der Waals surface area contributed by atoms with Crippen LogP contribution in [-0.2, 0) is 4.79 Å². The van der Waals surface area contributed by atoms with Gasteiger partial charge in [-0.3, -0.25) is 19.8 Å². The molecular formula is C13H19N3O3. The molecular weight excluding hydrogens is 246 g/mol. The summed E-state index contributed by atoms with van der Waals surface area (Å²) in [4.78, 5) is 28.1. The van der Waals surface area contributed by atoms with E-state index in [0.29, 0.717) is 31.6 Å². The zero-order chi connectivity index (χ0) is 13.9. The van der Waals surface area contributed by atoms with Crippen LogP contribution in [0.15, 0.2) is 18.3 Å². The van der Waals surface area contributed by atoms with Crippen LogP contribution in [0.5, 0.6) is 0 Å². The minimum Gasteiger partial charge on any atom is -0.390 e. The first-order valence-corrected chi connectivity index (χ1v) is 6.39. The molecule has 3 N–H and O–H groups in total. The number of aromatic amines is 1. The first-order valence-electron chi connectivity index (χ1n) is 6.39. The number of carbonyl (C=O) groups excluding carboxylic acids is 2. The summed E-state index contributed by atoms with van der Waals surface area (Å²) in [5.74, 6) is -0.736. The standard InChI is InChI=1S/C13H19N3O3/c1-13(19)4-7-16(8-5-13)9-11(17)15-12(18)10-3-2-6-14-10/h2-3,6,14,19H,4-5,7-9H2,1H3,(H,15,17,18). The van der Waals surface area contributed by atoms with Gasteiger partial charge in [0, 0.05) is 19.3 Å². The Morgan fingerprint density at radius 1 is 1.47 bits per heavy atom. The van der Waals surface area contributed by atoms with Crippen LogP contribution in [0.3, 0.4) is 0 Å². The number of likely N-dealkylation sites (tertiary alicyclic amines) is 1. The second-order valence-corrected chi connectivity index (χ2v) is 5.23. The molecule has 1 aliphatic rings. The Bertz CT molecular complexity index is 444. The molecule has 0 radical (unpaired) electrons. The van der Waals surface area contributed by atoms with Crippen molar-refractivity contribution in [1.82, 2.24) is 15.2 Å². The Kier molecular flexibility index (Phi) is 4.01. The van der Waals surface area contributed by atoms with Crippen molar-refractivity contribution < 1.29 is 14.7 Å². The van der Waals surface area contributed by atoms with E-state index in [4.69, 9.17) is 0 Å². The zero-order valence-electron chi connectivity index (χ0n) is 11.0. The lowest BCUT2D eigenvalue weighted by Gasteiger charge is -2.35. The van der Waals surface area contributed by atoms with Crippen LogP contribution in [0.25, 0.3) is 0 Å². The number of aromatic nitrogens is 1. The third-order valence-electron chi connectivity index (χ3n) is 3.40. The van der Waals surface area contributed by atoms with Crippen LogP contribution in [0.4, 0.5) is 0 Å². The summed E-state index contributed by atoms with van der Waals surface area (Å²) in [7, 11) is 0. The molecule has 1 aromatic rings. The number of nitrogens with one attached hydrogen (secondary N) is 2. The van der Waals surface area contributed by atoms with E-state index in [0.717, 1.165) is 0 Å². The number of aliphatic hydroxyl groups is 1. The van der Waals surface area contributed by atoms with Gasteiger partial charge in [0.2, 0.25) is 5.91 Å². The smallest absolute Gasteiger partial charge is 0.274 e. The lowest BCUT2D eigenvalue weighted by Crippen LogP contribution is -2.47. The van der Waals surface area contributed by atoms with Gasteiger partial charge in [-0.2, -0.15) is 0 Å². The lowest BCUT2D eigenvalue weighted by atomic mass is 9.94. The van der Waals surface area contributed by atoms with Gasteiger partial charge in [0.05, 0.1) is 12.1 Å². The molecule has 0 atom stereocenters. The van der Waals surface area contributed by atoms with Gasteiger partial charge in [0.1, 0.15) is 5.69 Å². The molecule has 19 heavy (non-hydrogen) atoms. The summed E-state index contributed by atoms with van der Waals surface area (Å²) < 4.78 is 0. The van der Waals surface area contributed by atoms with Crippen molar-refractivity contribution in [2.75, 3.05) is 19.6 Å². The Balaban J connectivity index is 1.78. The van der Waals surface area contributed by atoms with E-state index in [-0.39, 0.29) is 12.5 Å². The number of rotatable bonds is 3. The summed E-state index contributed by atoms with van der Waals surface area (Å²) in [6.45, 7) is 3.32. The normalized spacial score (nSPS) is 19.1. The minimum absolute atomic E-state index is 0.183. The molecule has 0 saturated carbocycles. The predicted octanol–water partition coefficient (Wildman–Crippen LogP) is 0.118. The van der Waals surface area contributed by atoms with Gasteiger partial charge in [0.15, 0.2) is 0 Å². The number of hydrogen-bond acceptors (Lipinski definition) is 4. The summed E-state index contributed by atoms with van der Waals surface area (Å²) in [6.07, 6.45) is 2.92. The topological polar surface area (TPSA) is 85.4 Å². The number of amides is 2. The van der Waals surface area contributed by atoms with Crippen molar-refractivity contribution in [2.24, 2.45) is 0 Å². The van der Waals surface area contributed by atoms with E-state index in [1.165, 1.54) is 0 Å². The highest BCUT2D eigenvalue weighted by Gasteiger charge is 2.28. The SMILES string of the molecule is CC1(O)CCN(CC(=O)NC(=O)c2ccc[nH]2)CC1. The highest BCUT2D eigenvalue weighted by atomic mass is 16.3. The number of carbonyl (C=O) groups is 2. The molecule has 1 fully saturated rings. The molecule has 0 bridgehead atoms. The summed E-state index contributed by atoms with van der Waals surface area (Å²) in [5, 5.41) is 12.1. The second kappa shape index (κ2) is 5.54. The van der Waals surface area contributed by atoms with E-state index >= 15 is 0 Å². The number of H-pyrrole nitrogens is 1. The summed E-state index contributed by atoms with van der Waals surface area (Å²) >= 11 is 0. The average molecular weight is 265 g/mol. The maximum Gasteiger partial charge on any atom is 0.274 e. The van der Waals surface area contributed by atoms with Crippen molar-refractivity contribution in [3.63, 3.8) is 0 Å². The average Bonchev–Trinajstić information content (AvgIpc) is 2.85. The van der Waals surface area contributed by atoms with Gasteiger partial charge in [0.25, 0.3) is 5.91 Å². The molecule has 0 aliphatic carbocycles. The Labute approximate surface area is 111 Å². The molecule has 1 saturated heterocycles. The molecule has 6 nitrogen and oxygen atoms in total. The summed E-state index contributed by atoms with van der Waals surface area (Å²) in [5.41, 5.74) is -0.262. The van der Waals surface area contributed by atoms with Gasteiger partial charge in [-0.1, -0.05) is 0 Å². The van der Waals surface area contributed by atoms with Gasteiger partial charge < -0.3 is 10.1 Å². The van der Waals surface area contributed by atoms with E-state index in [2.05, 4.69) is 10.3 Å². The van der Waals surface area contributed by atoms with Crippen molar-refractivity contribution in [2.45, 2.75) is 25.4 Å². The first kappa shape index (κ1) is 13.8. The molecule has 1 aromatic heterocycles. The molecule has 2 rings (SSSR count). The molecule has 104 valence electrons. The molecule has 0 unspecified atom stereocenters. The fourth-order valence-corrected chi connectivity index (χ4v) is 2.10. The second-order valence-electron chi connectivity index (χ2n) is 5.23. The van der Waals surface area contributed by atoms with E-state index < -0.39 is 11.5 Å². The highest BCUT2D eigenvalue weighted by Crippen LogP contribution is 2.20. The van der Waals surface area contributed by atoms with E-state index in [9.17, 15) is 14.7 Å². The van der Waals surface area contributed by atoms with Crippen LogP contribution in [0, 0.1) is 0 Å². The number of piperidine rings is 1.